The number of carbonyl (C=O) groups excluding carboxylic acids is 3. The van der Waals surface area contributed by atoms with E-state index in [4.69, 9.17) is 23.7 Å². The average Bonchev–Trinajstić information content (AvgIpc) is 2.99. The number of hydrogen-bond donors (Lipinski definition) is 3. The predicted octanol–water partition coefficient (Wildman–Crippen LogP) is 1.98. The average molecular weight is 657 g/mol. The van der Waals surface area contributed by atoms with E-state index >= 15 is 0 Å². The molecule has 2 fully saturated rings. The molecule has 0 aromatic heterocycles. The van der Waals surface area contributed by atoms with Crippen LogP contribution in [0.25, 0.3) is 0 Å². The zero-order valence-electron chi connectivity index (χ0n) is 29.3. The van der Waals surface area contributed by atoms with Crippen LogP contribution >= 0.6 is 0 Å². The number of methoxy groups -OCH3 is 1. The minimum absolute atomic E-state index is 0.0565. The van der Waals surface area contributed by atoms with Gasteiger partial charge in [0.25, 0.3) is 0 Å². The van der Waals surface area contributed by atoms with Gasteiger partial charge in [0.1, 0.15) is 36.1 Å². The molecular weight excluding hydrogens is 600 g/mol. The highest BCUT2D eigenvalue weighted by Crippen LogP contribution is 2.40. The van der Waals surface area contributed by atoms with Crippen molar-refractivity contribution in [2.75, 3.05) is 21.2 Å². The van der Waals surface area contributed by atoms with Gasteiger partial charge in [-0.3, -0.25) is 14.4 Å². The summed E-state index contributed by atoms with van der Waals surface area (Å²) in [6.07, 6.45) is -7.47. The number of nitriles is 1. The van der Waals surface area contributed by atoms with Crippen LogP contribution in [0.1, 0.15) is 81.1 Å². The summed E-state index contributed by atoms with van der Waals surface area (Å²) in [6, 6.07) is 1.45. The van der Waals surface area contributed by atoms with E-state index in [1.54, 1.807) is 33.8 Å². The van der Waals surface area contributed by atoms with Gasteiger partial charge in [-0.05, 0) is 61.1 Å². The molecule has 0 saturated carbocycles. The van der Waals surface area contributed by atoms with Crippen LogP contribution in [0.4, 0.5) is 0 Å². The Bertz CT molecular complexity index is 1090. The third kappa shape index (κ3) is 8.83. The molecule has 46 heavy (non-hydrogen) atoms. The highest BCUT2D eigenvalue weighted by molar-refractivity contribution is 5.83. The van der Waals surface area contributed by atoms with Gasteiger partial charge in [-0.15, -0.1) is 0 Å². The van der Waals surface area contributed by atoms with E-state index in [-0.39, 0.29) is 30.8 Å². The summed E-state index contributed by atoms with van der Waals surface area (Å²) in [6.45, 7) is 13.0. The van der Waals surface area contributed by atoms with E-state index in [1.807, 2.05) is 25.9 Å². The number of carbonyl (C=O) groups is 3. The lowest BCUT2D eigenvalue weighted by molar-refractivity contribution is -0.301. The van der Waals surface area contributed by atoms with Crippen LogP contribution in [0, 0.1) is 35.0 Å². The first-order valence-corrected chi connectivity index (χ1v) is 16.2. The molecule has 0 amide bonds. The molecule has 0 spiro atoms. The lowest BCUT2D eigenvalue weighted by Crippen LogP contribution is -2.60. The van der Waals surface area contributed by atoms with Crippen molar-refractivity contribution in [2.24, 2.45) is 23.7 Å². The molecule has 2 rings (SSSR count). The zero-order valence-corrected chi connectivity index (χ0v) is 29.3. The Kier molecular flexibility index (Phi) is 14.2. The number of rotatable bonds is 7. The molecule has 13 nitrogen and oxygen atoms in total. The molecule has 2 aliphatic rings. The predicted molar refractivity (Wildman–Crippen MR) is 166 cm³/mol. The van der Waals surface area contributed by atoms with Gasteiger partial charge >= 0.3 is 11.9 Å². The second-order valence-electron chi connectivity index (χ2n) is 13.9. The molecule has 2 aliphatic heterocycles. The van der Waals surface area contributed by atoms with Crippen LogP contribution in [0.5, 0.6) is 0 Å². The van der Waals surface area contributed by atoms with Crippen LogP contribution < -0.4 is 0 Å². The second kappa shape index (κ2) is 16.3. The van der Waals surface area contributed by atoms with Crippen LogP contribution in [0.2, 0.25) is 0 Å². The largest absolute Gasteiger partial charge is 0.460 e. The van der Waals surface area contributed by atoms with Gasteiger partial charge in [0, 0.05) is 30.9 Å². The van der Waals surface area contributed by atoms with Gasteiger partial charge < -0.3 is 43.9 Å². The van der Waals surface area contributed by atoms with Crippen LogP contribution in [0.3, 0.4) is 0 Å². The Morgan fingerprint density at radius 2 is 1.72 bits per heavy atom. The summed E-state index contributed by atoms with van der Waals surface area (Å²) in [7, 11) is 5.12. The SMILES string of the molecule is CCC1OC(=O)[C@H](C)C(OC(=O)CC#N)[C@H](C)[C@@H](O[C@@H]2O[C@H](C)C[C@H](N(C)C)[C@H]2O)[C@](C)(OC)C[C@@H](C)C(=O)[C@H](C)[C@@H](O)[C@]1(C)O. The Hall–Kier alpha value is -2.18. The topological polar surface area (TPSA) is 185 Å². The van der Waals surface area contributed by atoms with E-state index in [9.17, 15) is 35.0 Å². The van der Waals surface area contributed by atoms with Gasteiger partial charge in [-0.25, -0.2) is 0 Å². The first kappa shape index (κ1) is 40.0. The van der Waals surface area contributed by atoms with Crippen molar-refractivity contribution in [2.45, 2.75) is 141 Å². The number of nitrogens with zero attached hydrogens (tertiary/aromatic N) is 2. The molecule has 2 heterocycles. The fraction of sp³-hybridized carbons (Fsp3) is 0.879. The number of ether oxygens (including phenoxy) is 5. The van der Waals surface area contributed by atoms with Crippen LogP contribution in [-0.4, -0.2) is 119 Å². The molecule has 2 unspecified atom stereocenters. The standard InChI is InChI=1S/C33H56N2O11/c1-12-23-33(8,41)28(39)19(4)25(37)17(2)16-32(7,42-11)29(46-31-26(38)22(35(9)10)15-18(3)43-31)20(5)27(21(6)30(40)44-23)45-24(36)13-14-34/h17-23,26-29,31,38-39,41H,12-13,15-16H2,1-11H3/t17-,18-,19+,20+,21-,22+,23?,26-,27?,28-,29-,31+,32-,33-/m1/s1. The van der Waals surface area contributed by atoms with Crippen LogP contribution in [0.15, 0.2) is 0 Å². The number of aliphatic hydroxyl groups is 3. The number of cyclic esters (lactones) is 1. The van der Waals surface area contributed by atoms with Crippen molar-refractivity contribution in [1.29, 1.82) is 5.26 Å². The maximum Gasteiger partial charge on any atom is 0.320 e. The molecule has 2 saturated heterocycles. The third-order valence-electron chi connectivity index (χ3n) is 9.98. The van der Waals surface area contributed by atoms with Gasteiger partial charge in [0.2, 0.25) is 0 Å². The zero-order chi connectivity index (χ0) is 35.3. The van der Waals surface area contributed by atoms with E-state index in [2.05, 4.69) is 0 Å². The fourth-order valence-electron chi connectivity index (χ4n) is 7.04. The molecule has 14 atom stereocenters. The number of likely N-dealkylation sites (N-methyl/N-ethyl adjacent to an activating group) is 1. The van der Waals surface area contributed by atoms with Crippen molar-refractivity contribution < 1.29 is 53.4 Å². The fourth-order valence-corrected chi connectivity index (χ4v) is 7.04. The molecule has 0 aliphatic carbocycles. The third-order valence-corrected chi connectivity index (χ3v) is 9.98. The molecule has 0 radical (unpaired) electrons. The lowest BCUT2D eigenvalue weighted by Gasteiger charge is -2.48. The Morgan fingerprint density at radius 1 is 1.11 bits per heavy atom. The number of esters is 2. The van der Waals surface area contributed by atoms with Gasteiger partial charge in [-0.2, -0.15) is 5.26 Å². The highest BCUT2D eigenvalue weighted by Gasteiger charge is 2.52. The molecule has 0 bridgehead atoms. The Balaban J connectivity index is 2.77. The van der Waals surface area contributed by atoms with Gasteiger partial charge in [0.05, 0.1) is 35.9 Å². The Labute approximate surface area is 273 Å². The Morgan fingerprint density at radius 3 is 2.24 bits per heavy atom. The molecule has 264 valence electrons. The molecule has 3 N–H and O–H groups in total. The highest BCUT2D eigenvalue weighted by atomic mass is 16.7. The molecular formula is C33H56N2O11. The summed E-state index contributed by atoms with van der Waals surface area (Å²) in [4.78, 5) is 42.1. The van der Waals surface area contributed by atoms with Crippen molar-refractivity contribution in [1.82, 2.24) is 4.90 Å². The maximum atomic E-state index is 13.8. The van der Waals surface area contributed by atoms with Crippen molar-refractivity contribution in [3.63, 3.8) is 0 Å². The van der Waals surface area contributed by atoms with Gasteiger partial charge in [0.15, 0.2) is 6.29 Å². The van der Waals surface area contributed by atoms with Gasteiger partial charge in [-0.1, -0.05) is 27.7 Å². The van der Waals surface area contributed by atoms with E-state index in [1.165, 1.54) is 27.9 Å². The summed E-state index contributed by atoms with van der Waals surface area (Å²) in [5.74, 6) is -5.83. The summed E-state index contributed by atoms with van der Waals surface area (Å²) >= 11 is 0. The summed E-state index contributed by atoms with van der Waals surface area (Å²) in [5, 5.41) is 43.2. The van der Waals surface area contributed by atoms with Crippen molar-refractivity contribution >= 4 is 17.7 Å². The molecule has 0 aromatic carbocycles. The molecule has 0 aromatic rings. The van der Waals surface area contributed by atoms with E-state index in [0.29, 0.717) is 6.42 Å². The minimum Gasteiger partial charge on any atom is -0.460 e. The lowest BCUT2D eigenvalue weighted by atomic mass is 9.74. The summed E-state index contributed by atoms with van der Waals surface area (Å²) in [5.41, 5.74) is -3.30. The van der Waals surface area contributed by atoms with Crippen LogP contribution in [-0.2, 0) is 38.1 Å². The van der Waals surface area contributed by atoms with Crippen molar-refractivity contribution in [3.05, 3.63) is 0 Å². The number of Topliss-reactive ketones (excluding diaryl/α,β-unsaturated/α-hetero) is 1. The molecule has 13 heteroatoms. The second-order valence-corrected chi connectivity index (χ2v) is 13.9. The monoisotopic (exact) mass is 656 g/mol. The minimum atomic E-state index is -1.99. The summed E-state index contributed by atoms with van der Waals surface area (Å²) < 4.78 is 30.3. The number of hydrogen-bond acceptors (Lipinski definition) is 13. The number of aliphatic hydroxyl groups excluding tert-OH is 2. The van der Waals surface area contributed by atoms with E-state index in [0.717, 1.165) is 0 Å². The first-order valence-electron chi connectivity index (χ1n) is 16.2. The quantitative estimate of drug-likeness (QED) is 0.338. The normalized spacial score (nSPS) is 43.3. The maximum absolute atomic E-state index is 13.8. The number of ketones is 1. The first-order chi connectivity index (χ1) is 21.3. The van der Waals surface area contributed by atoms with E-state index < -0.39 is 90.0 Å². The van der Waals surface area contributed by atoms with Crippen molar-refractivity contribution in [3.8, 4) is 6.07 Å². The smallest absolute Gasteiger partial charge is 0.320 e.